The summed E-state index contributed by atoms with van der Waals surface area (Å²) < 4.78 is 0. The highest BCUT2D eigenvalue weighted by atomic mass is 16.2. The lowest BCUT2D eigenvalue weighted by atomic mass is 9.78. The van der Waals surface area contributed by atoms with Crippen LogP contribution in [0.25, 0.3) is 0 Å². The van der Waals surface area contributed by atoms with Gasteiger partial charge in [-0.25, -0.2) is 0 Å². The van der Waals surface area contributed by atoms with Crippen LogP contribution in [0.4, 0.5) is 0 Å². The van der Waals surface area contributed by atoms with Gasteiger partial charge in [-0.3, -0.25) is 4.79 Å². The minimum absolute atomic E-state index is 0.398. The minimum Gasteiger partial charge on any atom is -0.342 e. The smallest absolute Gasteiger partial charge is 0.225 e. The molecule has 122 valence electrons. The van der Waals surface area contributed by atoms with Crippen molar-refractivity contribution in [2.24, 2.45) is 35.5 Å². The van der Waals surface area contributed by atoms with Crippen molar-refractivity contribution in [1.29, 1.82) is 0 Å². The molecule has 4 aliphatic carbocycles. The Morgan fingerprint density at radius 1 is 1.18 bits per heavy atom. The predicted octanol–water partition coefficient (Wildman–Crippen LogP) is 4.26. The van der Waals surface area contributed by atoms with Crippen LogP contribution >= 0.6 is 0 Å². The predicted molar refractivity (Wildman–Crippen MR) is 89.3 cm³/mol. The van der Waals surface area contributed by atoms with Gasteiger partial charge in [-0.2, -0.15) is 0 Å². The number of hydrogen-bond acceptors (Lipinski definition) is 1. The fourth-order valence-corrected chi connectivity index (χ4v) is 4.65. The second-order valence-corrected chi connectivity index (χ2v) is 8.75. The molecule has 0 bridgehead atoms. The molecule has 2 nitrogen and oxygen atoms in total. The number of rotatable bonds is 6. The number of nitrogens with zero attached hydrogens (tertiary/aromatic N) is 1. The number of carbonyl (C=O) groups excluding carboxylic acids is 1. The first-order valence-corrected chi connectivity index (χ1v) is 9.56. The molecular weight excluding hydrogens is 270 g/mol. The maximum atomic E-state index is 12.5. The molecular formula is C20H31NO. The van der Waals surface area contributed by atoms with Crippen molar-refractivity contribution in [3.63, 3.8) is 0 Å². The van der Waals surface area contributed by atoms with Crippen LogP contribution in [-0.2, 0) is 4.79 Å². The fraction of sp³-hybridized carbons (Fsp3) is 0.850. The van der Waals surface area contributed by atoms with Crippen molar-refractivity contribution in [2.75, 3.05) is 13.1 Å². The van der Waals surface area contributed by atoms with Crippen molar-refractivity contribution < 1.29 is 4.79 Å². The van der Waals surface area contributed by atoms with Crippen LogP contribution in [0.5, 0.6) is 0 Å². The molecule has 4 rings (SSSR count). The number of amides is 1. The van der Waals surface area contributed by atoms with Crippen LogP contribution in [0.1, 0.15) is 58.8 Å². The van der Waals surface area contributed by atoms with Gasteiger partial charge in [-0.1, -0.05) is 18.6 Å². The summed E-state index contributed by atoms with van der Waals surface area (Å²) in [7, 11) is 0. The van der Waals surface area contributed by atoms with Gasteiger partial charge in [-0.05, 0) is 81.5 Å². The molecule has 0 aromatic heterocycles. The van der Waals surface area contributed by atoms with E-state index in [1.807, 2.05) is 0 Å². The van der Waals surface area contributed by atoms with Gasteiger partial charge in [0.1, 0.15) is 0 Å². The maximum absolute atomic E-state index is 12.5. The number of carbonyl (C=O) groups is 1. The Kier molecular flexibility index (Phi) is 3.82. The third-order valence-corrected chi connectivity index (χ3v) is 6.51. The number of allylic oxidation sites excluding steroid dienone is 2. The third-order valence-electron chi connectivity index (χ3n) is 6.51. The summed E-state index contributed by atoms with van der Waals surface area (Å²) in [5.74, 6) is 5.15. The fourth-order valence-electron chi connectivity index (χ4n) is 4.65. The zero-order chi connectivity index (χ0) is 15.3. The molecule has 0 aromatic carbocycles. The van der Waals surface area contributed by atoms with Gasteiger partial charge in [-0.15, -0.1) is 0 Å². The van der Waals surface area contributed by atoms with E-state index >= 15 is 0 Å². The highest BCUT2D eigenvalue weighted by Crippen LogP contribution is 2.51. The van der Waals surface area contributed by atoms with Crippen LogP contribution in [0.2, 0.25) is 0 Å². The summed E-state index contributed by atoms with van der Waals surface area (Å²) in [6.45, 7) is 6.86. The molecule has 0 radical (unpaired) electrons. The van der Waals surface area contributed by atoms with Crippen LogP contribution in [0.15, 0.2) is 11.6 Å². The maximum Gasteiger partial charge on any atom is 0.225 e. The normalized spacial score (nSPS) is 37.6. The second kappa shape index (κ2) is 5.69. The third kappa shape index (κ3) is 3.26. The van der Waals surface area contributed by atoms with Gasteiger partial charge in [0.2, 0.25) is 5.91 Å². The van der Waals surface area contributed by atoms with Crippen LogP contribution in [-0.4, -0.2) is 23.9 Å². The van der Waals surface area contributed by atoms with Crippen LogP contribution < -0.4 is 0 Å². The van der Waals surface area contributed by atoms with Gasteiger partial charge in [0.15, 0.2) is 0 Å². The average Bonchev–Trinajstić information content (AvgIpc) is 3.34. The topological polar surface area (TPSA) is 20.3 Å². The summed E-state index contributed by atoms with van der Waals surface area (Å²) >= 11 is 0. The standard InChI is InChI=1S/C20H31NO/c1-13-3-8-18(14(2)9-13)19-10-17(19)12-21(11-15-4-5-15)20(22)16-6-7-16/h3,14-19H,4-12H2,1-2H3. The molecule has 0 saturated heterocycles. The summed E-state index contributed by atoms with van der Waals surface area (Å²) in [6, 6.07) is 0. The lowest BCUT2D eigenvalue weighted by Gasteiger charge is -2.29. The lowest BCUT2D eigenvalue weighted by molar-refractivity contribution is -0.133. The zero-order valence-corrected chi connectivity index (χ0v) is 14.3. The Bertz CT molecular complexity index is 474. The Morgan fingerprint density at radius 2 is 1.95 bits per heavy atom. The first-order chi connectivity index (χ1) is 10.6. The quantitative estimate of drug-likeness (QED) is 0.671. The Labute approximate surface area is 135 Å². The van der Waals surface area contributed by atoms with Gasteiger partial charge in [0.25, 0.3) is 0 Å². The number of hydrogen-bond donors (Lipinski definition) is 0. The van der Waals surface area contributed by atoms with Crippen molar-refractivity contribution in [2.45, 2.75) is 58.8 Å². The van der Waals surface area contributed by atoms with E-state index in [9.17, 15) is 4.79 Å². The van der Waals surface area contributed by atoms with E-state index < -0.39 is 0 Å². The molecule has 0 aromatic rings. The largest absolute Gasteiger partial charge is 0.342 e. The molecule has 1 amide bonds. The molecule has 3 fully saturated rings. The molecule has 4 unspecified atom stereocenters. The highest BCUT2D eigenvalue weighted by molar-refractivity contribution is 5.81. The molecule has 3 saturated carbocycles. The van der Waals surface area contributed by atoms with E-state index in [2.05, 4.69) is 24.8 Å². The molecule has 22 heavy (non-hydrogen) atoms. The summed E-state index contributed by atoms with van der Waals surface area (Å²) in [4.78, 5) is 14.8. The van der Waals surface area contributed by atoms with Crippen LogP contribution in [0, 0.1) is 35.5 Å². The van der Waals surface area contributed by atoms with Crippen molar-refractivity contribution >= 4 is 5.91 Å². The molecule has 4 aliphatic rings. The summed E-state index contributed by atoms with van der Waals surface area (Å²) in [5, 5.41) is 0. The molecule has 4 atom stereocenters. The van der Waals surface area contributed by atoms with E-state index in [-0.39, 0.29) is 0 Å². The second-order valence-electron chi connectivity index (χ2n) is 8.75. The van der Waals surface area contributed by atoms with Gasteiger partial charge in [0, 0.05) is 19.0 Å². The van der Waals surface area contributed by atoms with E-state index in [1.54, 1.807) is 5.57 Å². The lowest BCUT2D eigenvalue weighted by Crippen LogP contribution is -2.36. The average molecular weight is 301 g/mol. The van der Waals surface area contributed by atoms with E-state index in [0.29, 0.717) is 11.8 Å². The molecule has 0 N–H and O–H groups in total. The van der Waals surface area contributed by atoms with Gasteiger partial charge < -0.3 is 4.90 Å². The van der Waals surface area contributed by atoms with Gasteiger partial charge >= 0.3 is 0 Å². The minimum atomic E-state index is 0.398. The summed E-state index contributed by atoms with van der Waals surface area (Å²) in [6.07, 6.45) is 11.4. The Hall–Kier alpha value is -0.790. The van der Waals surface area contributed by atoms with Gasteiger partial charge in [0.05, 0.1) is 0 Å². The zero-order valence-electron chi connectivity index (χ0n) is 14.3. The SMILES string of the molecule is CC1=CCC(C2CC2CN(CC2CC2)C(=O)C2CC2)C(C)C1. The molecule has 0 aliphatic heterocycles. The Balaban J connectivity index is 1.33. The van der Waals surface area contributed by atoms with E-state index in [1.165, 1.54) is 32.1 Å². The monoisotopic (exact) mass is 301 g/mol. The van der Waals surface area contributed by atoms with Crippen molar-refractivity contribution in [3.05, 3.63) is 11.6 Å². The van der Waals surface area contributed by atoms with Crippen molar-refractivity contribution in [1.82, 2.24) is 4.90 Å². The molecule has 2 heteroatoms. The molecule has 0 heterocycles. The molecule has 0 spiro atoms. The van der Waals surface area contributed by atoms with E-state index in [4.69, 9.17) is 0 Å². The van der Waals surface area contributed by atoms with Crippen molar-refractivity contribution in [3.8, 4) is 0 Å². The Morgan fingerprint density at radius 3 is 2.59 bits per heavy atom. The van der Waals surface area contributed by atoms with Crippen LogP contribution in [0.3, 0.4) is 0 Å². The first kappa shape index (κ1) is 14.8. The highest BCUT2D eigenvalue weighted by Gasteiger charge is 2.47. The first-order valence-electron chi connectivity index (χ1n) is 9.56. The van der Waals surface area contributed by atoms with E-state index in [0.717, 1.165) is 55.5 Å². The summed E-state index contributed by atoms with van der Waals surface area (Å²) in [5.41, 5.74) is 1.58.